The van der Waals surface area contributed by atoms with Crippen molar-refractivity contribution >= 4 is 5.91 Å². The van der Waals surface area contributed by atoms with Gasteiger partial charge in [0, 0.05) is 32.3 Å². The van der Waals surface area contributed by atoms with Crippen LogP contribution in [0.5, 0.6) is 0 Å². The van der Waals surface area contributed by atoms with Gasteiger partial charge < -0.3 is 15.4 Å². The summed E-state index contributed by atoms with van der Waals surface area (Å²) in [6.07, 6.45) is 5.04. The summed E-state index contributed by atoms with van der Waals surface area (Å²) < 4.78 is 5.51. The van der Waals surface area contributed by atoms with Crippen LogP contribution >= 0.6 is 0 Å². The molecule has 3 heterocycles. The molecule has 5 nitrogen and oxygen atoms in total. The Bertz CT molecular complexity index is 304. The summed E-state index contributed by atoms with van der Waals surface area (Å²) in [7, 11) is 0. The number of amides is 1. The summed E-state index contributed by atoms with van der Waals surface area (Å²) in [5.74, 6) is 0.897. The van der Waals surface area contributed by atoms with Crippen LogP contribution in [-0.2, 0) is 9.53 Å². The molecule has 0 aromatic heterocycles. The Morgan fingerprint density at radius 2 is 2.26 bits per heavy atom. The van der Waals surface area contributed by atoms with E-state index >= 15 is 0 Å². The zero-order valence-corrected chi connectivity index (χ0v) is 11.6. The highest BCUT2D eigenvalue weighted by Crippen LogP contribution is 2.24. The van der Waals surface area contributed by atoms with E-state index in [9.17, 15) is 4.79 Å². The molecule has 0 radical (unpaired) electrons. The highest BCUT2D eigenvalue weighted by atomic mass is 16.5. The molecule has 3 atom stereocenters. The van der Waals surface area contributed by atoms with Gasteiger partial charge >= 0.3 is 0 Å². The lowest BCUT2D eigenvalue weighted by molar-refractivity contribution is -0.122. The van der Waals surface area contributed by atoms with Gasteiger partial charge in [-0.2, -0.15) is 0 Å². The second-order valence-corrected chi connectivity index (χ2v) is 6.10. The van der Waals surface area contributed by atoms with Crippen LogP contribution in [0.2, 0.25) is 0 Å². The van der Waals surface area contributed by atoms with Crippen molar-refractivity contribution in [1.29, 1.82) is 0 Å². The molecule has 3 aliphatic rings. The van der Waals surface area contributed by atoms with E-state index < -0.39 is 0 Å². The number of hydrogen-bond acceptors (Lipinski definition) is 4. The van der Waals surface area contributed by atoms with Crippen LogP contribution in [0, 0.1) is 5.92 Å². The second-order valence-electron chi connectivity index (χ2n) is 6.10. The quantitative estimate of drug-likeness (QED) is 0.751. The van der Waals surface area contributed by atoms with Crippen LogP contribution in [0.4, 0.5) is 0 Å². The normalized spacial score (nSPS) is 35.3. The number of nitrogens with zero attached hydrogens (tertiary/aromatic N) is 1. The van der Waals surface area contributed by atoms with Crippen molar-refractivity contribution in [3.8, 4) is 0 Å². The molecular formula is C14H25N3O2. The van der Waals surface area contributed by atoms with Crippen molar-refractivity contribution in [3.63, 3.8) is 0 Å². The molecule has 2 N–H and O–H groups in total. The van der Waals surface area contributed by atoms with Crippen molar-refractivity contribution in [3.05, 3.63) is 0 Å². The lowest BCUT2D eigenvalue weighted by Gasteiger charge is -2.24. The molecule has 3 aliphatic heterocycles. The zero-order valence-electron chi connectivity index (χ0n) is 11.6. The first-order chi connectivity index (χ1) is 9.31. The minimum Gasteiger partial charge on any atom is -0.376 e. The van der Waals surface area contributed by atoms with Crippen LogP contribution < -0.4 is 10.6 Å². The molecule has 0 aliphatic carbocycles. The summed E-state index contributed by atoms with van der Waals surface area (Å²) in [4.78, 5) is 14.2. The zero-order chi connectivity index (χ0) is 13.1. The molecule has 5 heteroatoms. The molecule has 3 saturated heterocycles. The van der Waals surface area contributed by atoms with Gasteiger partial charge in [0.1, 0.15) is 0 Å². The Hall–Kier alpha value is -0.650. The van der Waals surface area contributed by atoms with Gasteiger partial charge in [-0.25, -0.2) is 0 Å². The van der Waals surface area contributed by atoms with Crippen LogP contribution in [-0.4, -0.2) is 62.3 Å². The molecule has 0 spiro atoms. The Kier molecular flexibility index (Phi) is 4.35. The summed E-state index contributed by atoms with van der Waals surface area (Å²) >= 11 is 0. The van der Waals surface area contributed by atoms with Gasteiger partial charge in [-0.1, -0.05) is 0 Å². The molecule has 0 saturated carbocycles. The third-order valence-electron chi connectivity index (χ3n) is 4.59. The average Bonchev–Trinajstić information content (AvgIpc) is 3.04. The summed E-state index contributed by atoms with van der Waals surface area (Å²) in [6.45, 7) is 5.31. The first-order valence-electron chi connectivity index (χ1n) is 7.65. The van der Waals surface area contributed by atoms with Crippen LogP contribution in [0.25, 0.3) is 0 Å². The minimum atomic E-state index is 0.147. The lowest BCUT2D eigenvalue weighted by atomic mass is 9.94. The van der Waals surface area contributed by atoms with Gasteiger partial charge in [0.15, 0.2) is 0 Å². The molecule has 0 bridgehead atoms. The van der Waals surface area contributed by atoms with E-state index in [0.29, 0.717) is 19.1 Å². The number of likely N-dealkylation sites (tertiary alicyclic amines) is 1. The number of carbonyl (C=O) groups is 1. The van der Waals surface area contributed by atoms with Gasteiger partial charge in [0.2, 0.25) is 5.91 Å². The average molecular weight is 267 g/mol. The highest BCUT2D eigenvalue weighted by molar-refractivity contribution is 5.78. The van der Waals surface area contributed by atoms with E-state index in [1.54, 1.807) is 0 Å². The van der Waals surface area contributed by atoms with Crippen LogP contribution in [0.1, 0.15) is 25.7 Å². The number of rotatable bonds is 4. The molecule has 0 aromatic carbocycles. The minimum absolute atomic E-state index is 0.147. The molecule has 108 valence electrons. The molecule has 19 heavy (non-hydrogen) atoms. The van der Waals surface area contributed by atoms with E-state index in [1.165, 1.54) is 12.8 Å². The molecular weight excluding hydrogens is 242 g/mol. The largest absolute Gasteiger partial charge is 0.376 e. The summed E-state index contributed by atoms with van der Waals surface area (Å²) in [5, 5.41) is 6.57. The fourth-order valence-corrected chi connectivity index (χ4v) is 3.56. The van der Waals surface area contributed by atoms with E-state index in [1.807, 2.05) is 0 Å². The predicted octanol–water partition coefficient (Wildman–Crippen LogP) is -0.0346. The van der Waals surface area contributed by atoms with Gasteiger partial charge in [0.05, 0.1) is 12.6 Å². The fourth-order valence-electron chi connectivity index (χ4n) is 3.56. The number of nitrogens with one attached hydrogen (secondary N) is 2. The number of ether oxygens (including phenoxy) is 1. The topological polar surface area (TPSA) is 53.6 Å². The van der Waals surface area contributed by atoms with Crippen molar-refractivity contribution < 1.29 is 9.53 Å². The van der Waals surface area contributed by atoms with Crippen molar-refractivity contribution in [1.82, 2.24) is 15.5 Å². The maximum atomic E-state index is 11.9. The van der Waals surface area contributed by atoms with Crippen molar-refractivity contribution in [2.24, 2.45) is 5.92 Å². The summed E-state index contributed by atoms with van der Waals surface area (Å²) in [5.41, 5.74) is 0. The van der Waals surface area contributed by atoms with E-state index in [4.69, 9.17) is 4.74 Å². The molecule has 0 aromatic rings. The molecule has 3 rings (SSSR count). The van der Waals surface area contributed by atoms with Gasteiger partial charge in [0.25, 0.3) is 0 Å². The van der Waals surface area contributed by atoms with Crippen molar-refractivity contribution in [2.45, 2.75) is 37.8 Å². The van der Waals surface area contributed by atoms with E-state index in [-0.39, 0.29) is 12.0 Å². The first kappa shape index (κ1) is 13.3. The van der Waals surface area contributed by atoms with Crippen LogP contribution in [0.3, 0.4) is 0 Å². The highest BCUT2D eigenvalue weighted by Gasteiger charge is 2.34. The van der Waals surface area contributed by atoms with Crippen molar-refractivity contribution in [2.75, 3.05) is 39.3 Å². The summed E-state index contributed by atoms with van der Waals surface area (Å²) in [6, 6.07) is 0.611. The van der Waals surface area contributed by atoms with E-state index in [2.05, 4.69) is 15.5 Å². The SMILES string of the molecule is O=C(CN1C[C@@H]2CCCN[C@@H]2C1)NCC1CCCO1. The Labute approximate surface area is 115 Å². The maximum Gasteiger partial charge on any atom is 0.234 e. The number of carbonyl (C=O) groups excluding carboxylic acids is 1. The van der Waals surface area contributed by atoms with Gasteiger partial charge in [-0.15, -0.1) is 0 Å². The van der Waals surface area contributed by atoms with Gasteiger partial charge in [-0.05, 0) is 38.1 Å². The number of hydrogen-bond donors (Lipinski definition) is 2. The first-order valence-corrected chi connectivity index (χ1v) is 7.65. The Balaban J connectivity index is 1.37. The molecule has 3 fully saturated rings. The van der Waals surface area contributed by atoms with E-state index in [0.717, 1.165) is 45.0 Å². The maximum absolute atomic E-state index is 11.9. The third kappa shape index (κ3) is 3.46. The van der Waals surface area contributed by atoms with Crippen LogP contribution in [0.15, 0.2) is 0 Å². The Morgan fingerprint density at radius 3 is 3.05 bits per heavy atom. The smallest absolute Gasteiger partial charge is 0.234 e. The lowest BCUT2D eigenvalue weighted by Crippen LogP contribution is -2.42. The standard InChI is InChI=1S/C14H25N3O2/c18-14(16-7-12-4-2-6-19-12)10-17-8-11-3-1-5-15-13(11)9-17/h11-13,15H,1-10H2,(H,16,18)/t11-,12?,13+/m0/s1. The molecule has 1 unspecified atom stereocenters. The Morgan fingerprint density at radius 1 is 1.32 bits per heavy atom. The van der Waals surface area contributed by atoms with Gasteiger partial charge in [-0.3, -0.25) is 9.69 Å². The number of fused-ring (bicyclic) bond motifs is 1. The predicted molar refractivity (Wildman–Crippen MR) is 72.9 cm³/mol. The second kappa shape index (κ2) is 6.20. The third-order valence-corrected chi connectivity index (χ3v) is 4.59. The number of piperidine rings is 1. The molecule has 1 amide bonds. The fraction of sp³-hybridized carbons (Fsp3) is 0.929. The monoisotopic (exact) mass is 267 g/mol.